The second kappa shape index (κ2) is 8.89. The van der Waals surface area contributed by atoms with Crippen molar-refractivity contribution in [2.45, 2.75) is 58.0 Å². The molecule has 1 aromatic heterocycles. The van der Waals surface area contributed by atoms with E-state index in [1.165, 1.54) is 0 Å². The van der Waals surface area contributed by atoms with E-state index >= 15 is 0 Å². The summed E-state index contributed by atoms with van der Waals surface area (Å²) in [6.07, 6.45) is 6.40. The normalized spacial score (nSPS) is 16.8. The molecule has 1 aliphatic carbocycles. The highest BCUT2D eigenvalue weighted by atomic mass is 16.2. The van der Waals surface area contributed by atoms with Crippen LogP contribution >= 0.6 is 0 Å². The summed E-state index contributed by atoms with van der Waals surface area (Å²) in [5.74, 6) is 0.0756. The zero-order chi connectivity index (χ0) is 22.9. The first-order valence-electron chi connectivity index (χ1n) is 12.0. The number of unbranched alkanes of at least 4 members (excludes halogenated alkanes) is 1. The van der Waals surface area contributed by atoms with Gasteiger partial charge in [-0.05, 0) is 56.0 Å². The number of anilines is 1. The maximum absolute atomic E-state index is 14.0. The van der Waals surface area contributed by atoms with Crippen LogP contribution in [0.5, 0.6) is 0 Å². The topological polar surface area (TPSA) is 45.6 Å². The summed E-state index contributed by atoms with van der Waals surface area (Å²) < 4.78 is 2.18. The number of carbonyl (C=O) groups excluding carboxylic acids is 2. The van der Waals surface area contributed by atoms with Gasteiger partial charge in [0.25, 0.3) is 0 Å². The molecule has 5 heteroatoms. The Balaban J connectivity index is 1.56. The quantitative estimate of drug-likeness (QED) is 0.493. The fourth-order valence-electron chi connectivity index (χ4n) is 4.92. The number of hydrogen-bond donors (Lipinski definition) is 0. The Kier molecular flexibility index (Phi) is 5.79. The number of fused-ring (bicyclic) bond motifs is 3. The molecular weight excluding hydrogens is 410 g/mol. The van der Waals surface area contributed by atoms with E-state index in [1.807, 2.05) is 40.1 Å². The fraction of sp³-hybridized carbons (Fsp3) is 0.357. The van der Waals surface area contributed by atoms with E-state index in [4.69, 9.17) is 0 Å². The van der Waals surface area contributed by atoms with Gasteiger partial charge in [0.2, 0.25) is 11.8 Å². The number of nitrogens with zero attached hydrogens (tertiary/aromatic N) is 3. The first kappa shape index (κ1) is 21.5. The third-order valence-corrected chi connectivity index (χ3v) is 6.70. The lowest BCUT2D eigenvalue weighted by atomic mass is 9.96. The number of rotatable bonds is 7. The van der Waals surface area contributed by atoms with Gasteiger partial charge in [-0.15, -0.1) is 0 Å². The minimum absolute atomic E-state index is 0.0295. The smallest absolute Gasteiger partial charge is 0.247 e. The number of aromatic nitrogens is 1. The van der Waals surface area contributed by atoms with Gasteiger partial charge in [0, 0.05) is 18.7 Å². The molecule has 5 nitrogen and oxygen atoms in total. The van der Waals surface area contributed by atoms with E-state index in [0.29, 0.717) is 6.42 Å². The second-order valence-electron chi connectivity index (χ2n) is 9.23. The number of amides is 2. The van der Waals surface area contributed by atoms with Gasteiger partial charge in [-0.25, -0.2) is 0 Å². The Hall–Kier alpha value is -3.34. The third-order valence-electron chi connectivity index (χ3n) is 6.70. The molecule has 1 unspecified atom stereocenters. The van der Waals surface area contributed by atoms with Crippen molar-refractivity contribution in [3.63, 3.8) is 0 Å². The zero-order valence-electron chi connectivity index (χ0n) is 19.4. The molecule has 2 aliphatic rings. The summed E-state index contributed by atoms with van der Waals surface area (Å²) in [7, 11) is 0. The number of carbonyl (C=O) groups is 2. The lowest BCUT2D eigenvalue weighted by Gasteiger charge is -2.39. The molecule has 3 aromatic rings. The van der Waals surface area contributed by atoms with Crippen molar-refractivity contribution >= 4 is 17.5 Å². The van der Waals surface area contributed by atoms with Crippen molar-refractivity contribution in [2.75, 3.05) is 11.4 Å². The molecule has 1 atom stereocenters. The monoisotopic (exact) mass is 441 g/mol. The number of benzene rings is 2. The van der Waals surface area contributed by atoms with E-state index in [9.17, 15) is 9.59 Å². The van der Waals surface area contributed by atoms with Gasteiger partial charge in [-0.2, -0.15) is 0 Å². The summed E-state index contributed by atoms with van der Waals surface area (Å²) in [6, 6.07) is 20.5. The fourth-order valence-corrected chi connectivity index (χ4v) is 4.92. The molecule has 0 radical (unpaired) electrons. The zero-order valence-corrected chi connectivity index (χ0v) is 19.4. The van der Waals surface area contributed by atoms with Gasteiger partial charge in [-0.3, -0.25) is 14.5 Å². The molecule has 2 amide bonds. The molecule has 1 fully saturated rings. The van der Waals surface area contributed by atoms with E-state index in [0.717, 1.165) is 53.9 Å². The van der Waals surface area contributed by atoms with Crippen molar-refractivity contribution in [2.24, 2.45) is 0 Å². The van der Waals surface area contributed by atoms with Crippen LogP contribution in [-0.2, 0) is 9.59 Å². The Morgan fingerprint density at radius 3 is 2.52 bits per heavy atom. The maximum Gasteiger partial charge on any atom is 0.247 e. The Labute approximate surface area is 195 Å². The summed E-state index contributed by atoms with van der Waals surface area (Å²) in [5, 5.41) is 0. The average Bonchev–Trinajstić information content (AvgIpc) is 3.55. The van der Waals surface area contributed by atoms with Gasteiger partial charge in [0.05, 0.1) is 17.1 Å². The number of para-hydroxylation sites is 2. The van der Waals surface area contributed by atoms with Crippen molar-refractivity contribution < 1.29 is 9.59 Å². The average molecular weight is 442 g/mol. The first-order chi connectivity index (χ1) is 16.1. The predicted molar refractivity (Wildman–Crippen MR) is 131 cm³/mol. The Morgan fingerprint density at radius 1 is 1.00 bits per heavy atom. The lowest BCUT2D eigenvalue weighted by molar-refractivity contribution is -0.136. The summed E-state index contributed by atoms with van der Waals surface area (Å²) in [5.41, 5.74) is 5.17. The standard InChI is InChI=1S/C28H31N3O2/c1-3-4-14-26(32)30(22-15-16-22)19-27(33)31-24-12-6-5-11-23(24)29-17-8-13-25(29)28(31)21-10-7-9-20(2)18-21/h5-13,17-18,22,28H,3-4,14-16,19H2,1-2H3. The number of aryl methyl sites for hydroxylation is 1. The maximum atomic E-state index is 14.0. The summed E-state index contributed by atoms with van der Waals surface area (Å²) in [6.45, 7) is 4.30. The molecule has 5 rings (SSSR count). The highest BCUT2D eigenvalue weighted by Gasteiger charge is 2.39. The minimum Gasteiger partial charge on any atom is -0.330 e. The molecule has 0 N–H and O–H groups in total. The van der Waals surface area contributed by atoms with Gasteiger partial charge < -0.3 is 9.47 Å². The van der Waals surface area contributed by atoms with Crippen molar-refractivity contribution in [3.05, 3.63) is 83.7 Å². The van der Waals surface area contributed by atoms with Crippen LogP contribution in [0.1, 0.15) is 61.9 Å². The van der Waals surface area contributed by atoms with Crippen molar-refractivity contribution in [1.82, 2.24) is 9.47 Å². The van der Waals surface area contributed by atoms with E-state index < -0.39 is 0 Å². The van der Waals surface area contributed by atoms with E-state index in [1.54, 1.807) is 0 Å². The van der Waals surface area contributed by atoms with Crippen LogP contribution in [0.4, 0.5) is 5.69 Å². The van der Waals surface area contributed by atoms with Crippen LogP contribution in [0.15, 0.2) is 66.9 Å². The molecule has 170 valence electrons. The van der Waals surface area contributed by atoms with Crippen molar-refractivity contribution in [3.8, 4) is 5.69 Å². The Bertz CT molecular complexity index is 1180. The summed E-state index contributed by atoms with van der Waals surface area (Å²) in [4.78, 5) is 30.7. The first-order valence-corrected chi connectivity index (χ1v) is 12.0. The molecule has 1 aliphatic heterocycles. The largest absolute Gasteiger partial charge is 0.330 e. The van der Waals surface area contributed by atoms with Crippen LogP contribution in [0.3, 0.4) is 0 Å². The molecule has 2 aromatic carbocycles. The van der Waals surface area contributed by atoms with Gasteiger partial charge in [0.15, 0.2) is 0 Å². The number of hydrogen-bond acceptors (Lipinski definition) is 2. The van der Waals surface area contributed by atoms with Crippen LogP contribution in [-0.4, -0.2) is 33.9 Å². The highest BCUT2D eigenvalue weighted by Crippen LogP contribution is 2.42. The van der Waals surface area contributed by atoms with Crippen LogP contribution in [0.25, 0.3) is 5.69 Å². The third kappa shape index (κ3) is 4.08. The van der Waals surface area contributed by atoms with Gasteiger partial charge in [-0.1, -0.05) is 55.3 Å². The highest BCUT2D eigenvalue weighted by molar-refractivity contribution is 6.00. The van der Waals surface area contributed by atoms with Gasteiger partial charge >= 0.3 is 0 Å². The molecule has 0 bridgehead atoms. The van der Waals surface area contributed by atoms with Crippen LogP contribution < -0.4 is 4.90 Å². The minimum atomic E-state index is -0.242. The van der Waals surface area contributed by atoms with Gasteiger partial charge in [0.1, 0.15) is 12.6 Å². The van der Waals surface area contributed by atoms with E-state index in [-0.39, 0.29) is 30.4 Å². The van der Waals surface area contributed by atoms with Crippen LogP contribution in [0, 0.1) is 6.92 Å². The summed E-state index contributed by atoms with van der Waals surface area (Å²) >= 11 is 0. The molecule has 2 heterocycles. The molecule has 0 saturated heterocycles. The lowest BCUT2D eigenvalue weighted by Crippen LogP contribution is -2.47. The van der Waals surface area contributed by atoms with Crippen LogP contribution in [0.2, 0.25) is 0 Å². The predicted octanol–water partition coefficient (Wildman–Crippen LogP) is 5.40. The SMILES string of the molecule is CCCCC(=O)N(CC(=O)N1c2ccccc2-n2cccc2C1c1cccc(C)c1)C1CC1. The Morgan fingerprint density at radius 2 is 1.79 bits per heavy atom. The van der Waals surface area contributed by atoms with Crippen molar-refractivity contribution in [1.29, 1.82) is 0 Å². The molecular formula is C28H31N3O2. The molecule has 33 heavy (non-hydrogen) atoms. The van der Waals surface area contributed by atoms with E-state index in [2.05, 4.69) is 54.9 Å². The molecule has 0 spiro atoms. The molecule has 1 saturated carbocycles. The second-order valence-corrected chi connectivity index (χ2v) is 9.23.